The number of hydrogen-bond acceptors (Lipinski definition) is 3. The topological polar surface area (TPSA) is 34.3 Å². The van der Waals surface area contributed by atoms with Crippen molar-refractivity contribution < 1.29 is 0 Å². The Labute approximate surface area is 151 Å². The Morgan fingerprint density at radius 1 is 1.12 bits per heavy atom. The van der Waals surface area contributed by atoms with Crippen molar-refractivity contribution >= 4 is 40.4 Å². The highest BCUT2D eigenvalue weighted by Crippen LogP contribution is 2.27. The molecule has 4 aromatic rings. The number of aromatic nitrogens is 3. The third-order valence-corrected chi connectivity index (χ3v) is 4.65. The van der Waals surface area contributed by atoms with Crippen molar-refractivity contribution in [2.75, 3.05) is 5.32 Å². The summed E-state index contributed by atoms with van der Waals surface area (Å²) in [6, 6.07) is 18.2. The first-order chi connectivity index (χ1) is 12.2. The first-order valence-electron chi connectivity index (χ1n) is 8.14. The summed E-state index contributed by atoms with van der Waals surface area (Å²) in [6.45, 7) is 6.55. The highest BCUT2D eigenvalue weighted by atomic mass is 32.1. The molecule has 2 heterocycles. The van der Waals surface area contributed by atoms with Gasteiger partial charge in [0.2, 0.25) is 5.78 Å². The van der Waals surface area contributed by atoms with E-state index < -0.39 is 0 Å². The number of aryl methyl sites for hydroxylation is 1. The van der Waals surface area contributed by atoms with Gasteiger partial charge in [0.1, 0.15) is 10.5 Å². The molecule has 0 bridgehead atoms. The summed E-state index contributed by atoms with van der Waals surface area (Å²) in [6.07, 6.45) is 1.88. The first-order valence-corrected chi connectivity index (χ1v) is 8.55. The van der Waals surface area contributed by atoms with Crippen LogP contribution in [0, 0.1) is 11.6 Å². The Morgan fingerprint density at radius 3 is 2.60 bits per heavy atom. The number of allylic oxidation sites excluding steroid dienone is 1. The molecular weight excluding hydrogens is 328 g/mol. The van der Waals surface area contributed by atoms with E-state index in [1.807, 2.05) is 59.9 Å². The van der Waals surface area contributed by atoms with Crippen LogP contribution >= 0.6 is 12.2 Å². The van der Waals surface area contributed by atoms with Crippen molar-refractivity contribution in [3.8, 4) is 0 Å². The van der Waals surface area contributed by atoms with Crippen LogP contribution in [0.3, 0.4) is 0 Å². The summed E-state index contributed by atoms with van der Waals surface area (Å²) in [5.41, 5.74) is 2.98. The molecule has 25 heavy (non-hydrogen) atoms. The van der Waals surface area contributed by atoms with Crippen LogP contribution in [-0.4, -0.2) is 14.0 Å². The molecule has 0 fully saturated rings. The molecule has 0 aliphatic carbocycles. The number of benzene rings is 2. The minimum atomic E-state index is 0.668. The zero-order valence-electron chi connectivity index (χ0n) is 13.9. The lowest BCUT2D eigenvalue weighted by Crippen LogP contribution is -2.07. The van der Waals surface area contributed by atoms with Gasteiger partial charge in [0.25, 0.3) is 0 Å². The Morgan fingerprint density at radius 2 is 1.84 bits per heavy atom. The maximum Gasteiger partial charge on any atom is 0.217 e. The molecular formula is C20H18N4S. The van der Waals surface area contributed by atoms with Gasteiger partial charge in [-0.3, -0.25) is 4.40 Å². The van der Waals surface area contributed by atoms with Crippen molar-refractivity contribution in [2.45, 2.75) is 13.5 Å². The summed E-state index contributed by atoms with van der Waals surface area (Å²) < 4.78 is 4.91. The lowest BCUT2D eigenvalue weighted by molar-refractivity contribution is 0.843. The number of nitrogens with zero attached hydrogens (tertiary/aromatic N) is 3. The molecule has 2 aromatic carbocycles. The van der Waals surface area contributed by atoms with Crippen LogP contribution in [0.5, 0.6) is 0 Å². The molecule has 1 N–H and O–H groups in total. The van der Waals surface area contributed by atoms with Crippen molar-refractivity contribution in [2.24, 2.45) is 0 Å². The van der Waals surface area contributed by atoms with Crippen LogP contribution in [0.15, 0.2) is 67.3 Å². The average Bonchev–Trinajstić information content (AvgIpc) is 2.96. The number of nitrogens with one attached hydrogen (secondary N) is 1. The lowest BCUT2D eigenvalue weighted by Gasteiger charge is -2.13. The maximum atomic E-state index is 5.80. The third kappa shape index (κ3) is 2.53. The highest BCUT2D eigenvalue weighted by molar-refractivity contribution is 7.71. The molecule has 0 unspecified atom stereocenters. The number of para-hydroxylation sites is 2. The van der Waals surface area contributed by atoms with Gasteiger partial charge in [-0.25, -0.2) is 4.98 Å². The summed E-state index contributed by atoms with van der Waals surface area (Å²) in [4.78, 5) is 4.79. The Balaban J connectivity index is 2.07. The molecule has 5 heteroatoms. The van der Waals surface area contributed by atoms with E-state index in [1.165, 1.54) is 0 Å². The second-order valence-corrected chi connectivity index (χ2v) is 6.28. The average molecular weight is 346 g/mol. The van der Waals surface area contributed by atoms with E-state index in [0.717, 1.165) is 38.5 Å². The van der Waals surface area contributed by atoms with Crippen molar-refractivity contribution in [1.29, 1.82) is 0 Å². The lowest BCUT2D eigenvalue weighted by atomic mass is 10.2. The standard InChI is InChI=1S/C20H18N4S/c1-3-13-23-17-12-8-7-11-16(17)19(25)24-18(14(2)21-20(23)24)22-15-9-5-4-6-10-15/h3-12,22H,1,13H2,2H3. The highest BCUT2D eigenvalue weighted by Gasteiger charge is 2.15. The van der Waals surface area contributed by atoms with Crippen molar-refractivity contribution in [3.63, 3.8) is 0 Å². The molecule has 4 nitrogen and oxygen atoms in total. The van der Waals surface area contributed by atoms with Crippen LogP contribution in [0.25, 0.3) is 16.7 Å². The van der Waals surface area contributed by atoms with Crippen molar-refractivity contribution in [1.82, 2.24) is 14.0 Å². The molecule has 2 aromatic heterocycles. The Hall–Kier alpha value is -2.92. The first kappa shape index (κ1) is 15.6. The second kappa shape index (κ2) is 6.18. The number of hydrogen-bond donors (Lipinski definition) is 1. The molecule has 0 saturated heterocycles. The molecule has 0 aliphatic rings. The van der Waals surface area contributed by atoms with E-state index in [1.54, 1.807) is 0 Å². The minimum Gasteiger partial charge on any atom is -0.340 e. The predicted molar refractivity (Wildman–Crippen MR) is 106 cm³/mol. The Kier molecular flexibility index (Phi) is 3.86. The molecule has 0 atom stereocenters. The molecule has 0 aliphatic heterocycles. The SMILES string of the molecule is C=CCn1c2ccccc2c(=S)n2c(Nc3ccccc3)c(C)nc12. The van der Waals surface area contributed by atoms with Gasteiger partial charge in [-0.15, -0.1) is 6.58 Å². The summed E-state index contributed by atoms with van der Waals surface area (Å²) in [5.74, 6) is 1.72. The second-order valence-electron chi connectivity index (χ2n) is 5.89. The van der Waals surface area contributed by atoms with Crippen LogP contribution in [0.4, 0.5) is 11.5 Å². The predicted octanol–water partition coefficient (Wildman–Crippen LogP) is 5.26. The Bertz CT molecular complexity index is 1140. The zero-order chi connectivity index (χ0) is 17.4. The fraction of sp³-hybridized carbons (Fsp3) is 0.100. The molecule has 0 amide bonds. The number of fused-ring (bicyclic) bond motifs is 2. The minimum absolute atomic E-state index is 0.668. The fourth-order valence-electron chi connectivity index (χ4n) is 3.12. The van der Waals surface area contributed by atoms with Gasteiger partial charge in [0, 0.05) is 17.6 Å². The fourth-order valence-corrected chi connectivity index (χ4v) is 3.47. The maximum absolute atomic E-state index is 5.80. The van der Waals surface area contributed by atoms with Gasteiger partial charge < -0.3 is 9.88 Å². The van der Waals surface area contributed by atoms with E-state index in [4.69, 9.17) is 17.2 Å². The molecule has 4 rings (SSSR count). The van der Waals surface area contributed by atoms with Crippen LogP contribution in [0.1, 0.15) is 5.69 Å². The van der Waals surface area contributed by atoms with Gasteiger partial charge in [0.05, 0.1) is 11.2 Å². The number of imidazole rings is 1. The summed E-state index contributed by atoms with van der Waals surface area (Å²) >= 11 is 5.80. The van der Waals surface area contributed by atoms with Gasteiger partial charge >= 0.3 is 0 Å². The van der Waals surface area contributed by atoms with Gasteiger partial charge in [-0.2, -0.15) is 0 Å². The summed E-state index contributed by atoms with van der Waals surface area (Å²) in [5, 5.41) is 4.49. The smallest absolute Gasteiger partial charge is 0.217 e. The normalized spacial score (nSPS) is 11.1. The largest absolute Gasteiger partial charge is 0.340 e. The van der Waals surface area contributed by atoms with E-state index in [9.17, 15) is 0 Å². The van der Waals surface area contributed by atoms with Crippen LogP contribution < -0.4 is 5.32 Å². The summed E-state index contributed by atoms with van der Waals surface area (Å²) in [7, 11) is 0. The number of anilines is 2. The van der Waals surface area contributed by atoms with Crippen LogP contribution in [-0.2, 0) is 6.54 Å². The van der Waals surface area contributed by atoms with E-state index in [0.29, 0.717) is 6.54 Å². The van der Waals surface area contributed by atoms with E-state index >= 15 is 0 Å². The molecule has 124 valence electrons. The van der Waals surface area contributed by atoms with Gasteiger partial charge in [-0.1, -0.05) is 48.6 Å². The van der Waals surface area contributed by atoms with Gasteiger partial charge in [-0.05, 0) is 31.2 Å². The van der Waals surface area contributed by atoms with Crippen LogP contribution in [0.2, 0.25) is 0 Å². The molecule has 0 spiro atoms. The third-order valence-electron chi connectivity index (χ3n) is 4.25. The van der Waals surface area contributed by atoms with E-state index in [2.05, 4.69) is 28.6 Å². The number of rotatable bonds is 4. The molecule has 0 saturated carbocycles. The van der Waals surface area contributed by atoms with Crippen molar-refractivity contribution in [3.05, 3.63) is 77.6 Å². The molecule has 0 radical (unpaired) electrons. The van der Waals surface area contributed by atoms with E-state index in [-0.39, 0.29) is 0 Å². The quantitative estimate of drug-likeness (QED) is 0.404. The van der Waals surface area contributed by atoms with Gasteiger partial charge in [0.15, 0.2) is 0 Å². The zero-order valence-corrected chi connectivity index (χ0v) is 14.8. The monoisotopic (exact) mass is 346 g/mol.